The third-order valence-corrected chi connectivity index (χ3v) is 4.12. The number of nitrogens with one attached hydrogen (secondary N) is 1. The number of rotatable bonds is 4. The standard InChI is InChI=1S/C18H20FNO/c1-13(14-6-8-16(19)9-7-14)20-12-15-10-11-21-18-5-3-2-4-17(15)18/h2-9,13,15,20H,10-12H2,1H3/t13-,15?/m1/s1. The van der Waals surface area contributed by atoms with Crippen molar-refractivity contribution in [2.24, 2.45) is 0 Å². The van der Waals surface area contributed by atoms with Gasteiger partial charge in [0.25, 0.3) is 0 Å². The zero-order valence-corrected chi connectivity index (χ0v) is 12.2. The second kappa shape index (κ2) is 6.27. The first-order valence-electron chi connectivity index (χ1n) is 7.44. The van der Waals surface area contributed by atoms with Crippen LogP contribution in [0.2, 0.25) is 0 Å². The molecule has 2 nitrogen and oxygen atoms in total. The monoisotopic (exact) mass is 285 g/mol. The summed E-state index contributed by atoms with van der Waals surface area (Å²) < 4.78 is 18.6. The highest BCUT2D eigenvalue weighted by atomic mass is 19.1. The van der Waals surface area contributed by atoms with Crippen LogP contribution in [0.4, 0.5) is 4.39 Å². The van der Waals surface area contributed by atoms with Crippen molar-refractivity contribution in [3.05, 3.63) is 65.5 Å². The molecule has 2 atom stereocenters. The van der Waals surface area contributed by atoms with Crippen molar-refractivity contribution in [2.45, 2.75) is 25.3 Å². The number of para-hydroxylation sites is 1. The summed E-state index contributed by atoms with van der Waals surface area (Å²) in [6.07, 6.45) is 1.03. The summed E-state index contributed by atoms with van der Waals surface area (Å²) in [4.78, 5) is 0. The molecule has 0 bridgehead atoms. The molecule has 0 radical (unpaired) electrons. The summed E-state index contributed by atoms with van der Waals surface area (Å²) in [5, 5.41) is 3.55. The van der Waals surface area contributed by atoms with Crippen molar-refractivity contribution in [1.82, 2.24) is 5.32 Å². The fourth-order valence-corrected chi connectivity index (χ4v) is 2.82. The predicted octanol–water partition coefficient (Wildman–Crippen LogP) is 4.04. The van der Waals surface area contributed by atoms with E-state index in [0.717, 1.165) is 30.9 Å². The lowest BCUT2D eigenvalue weighted by atomic mass is 9.92. The fraction of sp³-hybridized carbons (Fsp3) is 0.333. The summed E-state index contributed by atoms with van der Waals surface area (Å²) in [6.45, 7) is 3.78. The Morgan fingerprint density at radius 2 is 1.95 bits per heavy atom. The Bertz CT molecular complexity index is 596. The second-order valence-electron chi connectivity index (χ2n) is 5.55. The van der Waals surface area contributed by atoms with Gasteiger partial charge in [0.2, 0.25) is 0 Å². The number of hydrogen-bond donors (Lipinski definition) is 1. The van der Waals surface area contributed by atoms with Gasteiger partial charge in [-0.1, -0.05) is 30.3 Å². The smallest absolute Gasteiger partial charge is 0.123 e. The van der Waals surface area contributed by atoms with Gasteiger partial charge >= 0.3 is 0 Å². The van der Waals surface area contributed by atoms with Crippen LogP contribution in [0.25, 0.3) is 0 Å². The minimum absolute atomic E-state index is 0.190. The molecule has 21 heavy (non-hydrogen) atoms. The number of benzene rings is 2. The second-order valence-corrected chi connectivity index (χ2v) is 5.55. The maximum atomic E-state index is 13.0. The quantitative estimate of drug-likeness (QED) is 0.915. The van der Waals surface area contributed by atoms with Gasteiger partial charge in [-0.15, -0.1) is 0 Å². The van der Waals surface area contributed by atoms with Crippen LogP contribution in [-0.4, -0.2) is 13.2 Å². The molecule has 0 saturated carbocycles. The molecule has 1 heterocycles. The molecule has 0 saturated heterocycles. The Morgan fingerprint density at radius 1 is 1.19 bits per heavy atom. The molecule has 2 aromatic carbocycles. The van der Waals surface area contributed by atoms with E-state index in [-0.39, 0.29) is 11.9 Å². The van der Waals surface area contributed by atoms with Gasteiger partial charge in [-0.3, -0.25) is 0 Å². The van der Waals surface area contributed by atoms with E-state index < -0.39 is 0 Å². The molecule has 3 heteroatoms. The van der Waals surface area contributed by atoms with Crippen molar-refractivity contribution >= 4 is 0 Å². The van der Waals surface area contributed by atoms with E-state index in [1.807, 2.05) is 24.3 Å². The van der Waals surface area contributed by atoms with E-state index in [1.165, 1.54) is 17.7 Å². The molecule has 0 aromatic heterocycles. The molecule has 1 unspecified atom stereocenters. The molecular weight excluding hydrogens is 265 g/mol. The predicted molar refractivity (Wildman–Crippen MR) is 82.1 cm³/mol. The first-order valence-corrected chi connectivity index (χ1v) is 7.44. The van der Waals surface area contributed by atoms with Gasteiger partial charge in [0.15, 0.2) is 0 Å². The maximum Gasteiger partial charge on any atom is 0.123 e. The van der Waals surface area contributed by atoms with Gasteiger partial charge in [-0.2, -0.15) is 0 Å². The first-order chi connectivity index (χ1) is 10.2. The average molecular weight is 285 g/mol. The van der Waals surface area contributed by atoms with E-state index in [1.54, 1.807) is 0 Å². The third kappa shape index (κ3) is 3.24. The van der Waals surface area contributed by atoms with E-state index in [9.17, 15) is 4.39 Å². The van der Waals surface area contributed by atoms with Crippen LogP contribution in [0.15, 0.2) is 48.5 Å². The van der Waals surface area contributed by atoms with Gasteiger partial charge in [0.05, 0.1) is 6.61 Å². The minimum atomic E-state index is -0.190. The van der Waals surface area contributed by atoms with Crippen molar-refractivity contribution < 1.29 is 9.13 Å². The van der Waals surface area contributed by atoms with Crippen LogP contribution >= 0.6 is 0 Å². The lowest BCUT2D eigenvalue weighted by molar-refractivity contribution is 0.263. The molecule has 1 aliphatic heterocycles. The van der Waals surface area contributed by atoms with E-state index in [2.05, 4.69) is 24.4 Å². The highest BCUT2D eigenvalue weighted by molar-refractivity contribution is 5.38. The van der Waals surface area contributed by atoms with E-state index in [0.29, 0.717) is 5.92 Å². The number of hydrogen-bond acceptors (Lipinski definition) is 2. The summed E-state index contributed by atoms with van der Waals surface area (Å²) in [5.74, 6) is 1.28. The van der Waals surface area contributed by atoms with Gasteiger partial charge in [-0.05, 0) is 42.7 Å². The molecule has 0 amide bonds. The summed E-state index contributed by atoms with van der Waals surface area (Å²) in [6, 6.07) is 15.2. The van der Waals surface area contributed by atoms with E-state index in [4.69, 9.17) is 4.74 Å². The largest absolute Gasteiger partial charge is 0.493 e. The van der Waals surface area contributed by atoms with Crippen molar-refractivity contribution in [3.63, 3.8) is 0 Å². The Labute approximate surface area is 125 Å². The van der Waals surface area contributed by atoms with E-state index >= 15 is 0 Å². The van der Waals surface area contributed by atoms with Crippen LogP contribution in [0.5, 0.6) is 5.75 Å². The molecule has 0 aliphatic carbocycles. The average Bonchev–Trinajstić information content (AvgIpc) is 2.53. The molecule has 0 spiro atoms. The highest BCUT2D eigenvalue weighted by Gasteiger charge is 2.21. The van der Waals surface area contributed by atoms with Crippen LogP contribution in [0, 0.1) is 5.82 Å². The summed E-state index contributed by atoms with van der Waals surface area (Å²) >= 11 is 0. The fourth-order valence-electron chi connectivity index (χ4n) is 2.82. The zero-order valence-electron chi connectivity index (χ0n) is 12.2. The Morgan fingerprint density at radius 3 is 2.76 bits per heavy atom. The Hall–Kier alpha value is -1.87. The van der Waals surface area contributed by atoms with Gasteiger partial charge in [-0.25, -0.2) is 4.39 Å². The molecule has 1 N–H and O–H groups in total. The van der Waals surface area contributed by atoms with Crippen molar-refractivity contribution in [3.8, 4) is 5.75 Å². The van der Waals surface area contributed by atoms with Crippen LogP contribution in [0.1, 0.15) is 36.4 Å². The van der Waals surface area contributed by atoms with Crippen LogP contribution in [-0.2, 0) is 0 Å². The Balaban J connectivity index is 1.64. The Kier molecular flexibility index (Phi) is 4.20. The maximum absolute atomic E-state index is 13.0. The third-order valence-electron chi connectivity index (χ3n) is 4.12. The van der Waals surface area contributed by atoms with Crippen molar-refractivity contribution in [1.29, 1.82) is 0 Å². The highest BCUT2D eigenvalue weighted by Crippen LogP contribution is 2.33. The number of fused-ring (bicyclic) bond motifs is 1. The topological polar surface area (TPSA) is 21.3 Å². The van der Waals surface area contributed by atoms with Crippen molar-refractivity contribution in [2.75, 3.05) is 13.2 Å². The zero-order chi connectivity index (χ0) is 14.7. The molecule has 0 fully saturated rings. The number of halogens is 1. The normalized spacial score (nSPS) is 18.7. The molecule has 110 valence electrons. The van der Waals surface area contributed by atoms with Crippen LogP contribution in [0.3, 0.4) is 0 Å². The molecule has 1 aliphatic rings. The first kappa shape index (κ1) is 14.1. The minimum Gasteiger partial charge on any atom is -0.493 e. The van der Waals surface area contributed by atoms with Gasteiger partial charge < -0.3 is 10.1 Å². The molecule has 2 aromatic rings. The number of ether oxygens (including phenoxy) is 1. The lowest BCUT2D eigenvalue weighted by Gasteiger charge is -2.27. The van der Waals surface area contributed by atoms with Gasteiger partial charge in [0.1, 0.15) is 11.6 Å². The SMILES string of the molecule is C[C@@H](NCC1CCOc2ccccc21)c1ccc(F)cc1. The summed E-state index contributed by atoms with van der Waals surface area (Å²) in [7, 11) is 0. The summed E-state index contributed by atoms with van der Waals surface area (Å²) in [5.41, 5.74) is 2.39. The van der Waals surface area contributed by atoms with Crippen LogP contribution < -0.4 is 10.1 Å². The lowest BCUT2D eigenvalue weighted by Crippen LogP contribution is -2.28. The van der Waals surface area contributed by atoms with Gasteiger partial charge in [0, 0.05) is 18.5 Å². The molecule has 3 rings (SSSR count). The molecular formula is C18H20FNO.